The van der Waals surface area contributed by atoms with Gasteiger partial charge < -0.3 is 30.7 Å². The lowest BCUT2D eigenvalue weighted by atomic mass is 10.0. The summed E-state index contributed by atoms with van der Waals surface area (Å²) in [7, 11) is 0. The van der Waals surface area contributed by atoms with Crippen LogP contribution in [0.25, 0.3) is 10.2 Å². The summed E-state index contributed by atoms with van der Waals surface area (Å²) in [5.74, 6) is -0.361. The largest absolute Gasteiger partial charge is 0.475 e. The van der Waals surface area contributed by atoms with E-state index in [0.717, 1.165) is 11.1 Å². The molecule has 10 nitrogen and oxygen atoms in total. The van der Waals surface area contributed by atoms with Crippen LogP contribution >= 0.6 is 11.3 Å². The summed E-state index contributed by atoms with van der Waals surface area (Å²) in [4.78, 5) is 36.9. The fraction of sp³-hybridized carbons (Fsp3) is 0.364. The highest BCUT2D eigenvalue weighted by Gasteiger charge is 2.29. The van der Waals surface area contributed by atoms with Gasteiger partial charge in [0, 0.05) is 49.2 Å². The molecule has 34 heavy (non-hydrogen) atoms. The van der Waals surface area contributed by atoms with Crippen LogP contribution in [0.4, 0.5) is 20.7 Å². The van der Waals surface area contributed by atoms with Crippen LogP contribution < -0.4 is 20.7 Å². The van der Waals surface area contributed by atoms with Crippen molar-refractivity contribution in [1.82, 2.24) is 20.2 Å². The van der Waals surface area contributed by atoms with E-state index in [1.165, 1.54) is 22.3 Å². The van der Waals surface area contributed by atoms with Crippen molar-refractivity contribution in [3.63, 3.8) is 0 Å². The number of hydrogen-bond acceptors (Lipinski definition) is 8. The first-order valence-electron chi connectivity index (χ1n) is 10.8. The van der Waals surface area contributed by atoms with Gasteiger partial charge >= 0.3 is 6.09 Å². The molecule has 5 heterocycles. The van der Waals surface area contributed by atoms with Gasteiger partial charge in [-0.3, -0.25) is 4.79 Å². The molecule has 2 amide bonds. The summed E-state index contributed by atoms with van der Waals surface area (Å²) in [6.45, 7) is 3.31. The van der Waals surface area contributed by atoms with Crippen LogP contribution in [-0.2, 0) is 6.42 Å². The number of aromatic nitrogens is 2. The number of pyridine rings is 2. The summed E-state index contributed by atoms with van der Waals surface area (Å²) in [5, 5.41) is 12.8. The van der Waals surface area contributed by atoms with Crippen molar-refractivity contribution in [2.24, 2.45) is 0 Å². The Hall–Kier alpha value is -3.67. The zero-order valence-corrected chi connectivity index (χ0v) is 19.2. The van der Waals surface area contributed by atoms with Crippen LogP contribution in [0.3, 0.4) is 0 Å². The van der Waals surface area contributed by atoms with E-state index in [2.05, 4.69) is 15.3 Å². The monoisotopic (exact) mass is 486 g/mol. The molecule has 5 rings (SSSR count). The molecule has 0 aliphatic carbocycles. The second-order valence-electron chi connectivity index (χ2n) is 8.35. The standard InChI is InChI=1S/C22H23FN6O4S/c1-11-2-3-14-16(24)17(34-21(14)25-11)19(30)26-13-8-12-9-15(23)18(27-20(12)33-10-13)28-4-6-29(7-5-28)22(31)32/h2-3,9,13H,4-8,10,24H2,1H3,(H,26,30)(H,31,32). The molecular weight excluding hydrogens is 463 g/mol. The minimum absolute atomic E-state index is 0.145. The van der Waals surface area contributed by atoms with Crippen LogP contribution in [0.2, 0.25) is 0 Å². The maximum Gasteiger partial charge on any atom is 0.407 e. The third kappa shape index (κ3) is 4.04. The van der Waals surface area contributed by atoms with E-state index in [9.17, 15) is 14.0 Å². The smallest absolute Gasteiger partial charge is 0.407 e. The number of halogens is 1. The Labute approximate surface area is 198 Å². The first kappa shape index (κ1) is 22.1. The number of anilines is 2. The molecule has 0 aromatic carbocycles. The molecule has 3 aromatic heterocycles. The Morgan fingerprint density at radius 1 is 1.26 bits per heavy atom. The second kappa shape index (κ2) is 8.60. The number of ether oxygens (including phenoxy) is 1. The number of carboxylic acid groups (broad SMARTS) is 1. The van der Waals surface area contributed by atoms with Gasteiger partial charge in [-0.2, -0.15) is 4.98 Å². The molecule has 178 valence electrons. The predicted molar refractivity (Wildman–Crippen MR) is 125 cm³/mol. The second-order valence-corrected chi connectivity index (χ2v) is 9.35. The number of hydrogen-bond donors (Lipinski definition) is 3. The van der Waals surface area contributed by atoms with Crippen LogP contribution in [-0.4, -0.2) is 70.8 Å². The predicted octanol–water partition coefficient (Wildman–Crippen LogP) is 2.25. The number of carbonyl (C=O) groups excluding carboxylic acids is 1. The van der Waals surface area contributed by atoms with Crippen LogP contribution in [0.5, 0.6) is 5.88 Å². The molecule has 2 aliphatic rings. The molecule has 3 aromatic rings. The topological polar surface area (TPSA) is 134 Å². The summed E-state index contributed by atoms with van der Waals surface area (Å²) in [6.07, 6.45) is -0.626. The Bertz CT molecular complexity index is 1290. The molecule has 2 aliphatic heterocycles. The number of amides is 2. The van der Waals surface area contributed by atoms with Crippen molar-refractivity contribution in [2.45, 2.75) is 19.4 Å². The maximum absolute atomic E-state index is 14.9. The number of nitrogens with zero attached hydrogens (tertiary/aromatic N) is 4. The van der Waals surface area contributed by atoms with E-state index in [0.29, 0.717) is 46.3 Å². The lowest BCUT2D eigenvalue weighted by Crippen LogP contribution is -2.49. The van der Waals surface area contributed by atoms with Gasteiger partial charge in [-0.15, -0.1) is 11.3 Å². The van der Waals surface area contributed by atoms with Crippen molar-refractivity contribution in [3.05, 3.63) is 40.2 Å². The summed E-state index contributed by atoms with van der Waals surface area (Å²) >= 11 is 1.24. The maximum atomic E-state index is 14.9. The number of carbonyl (C=O) groups is 2. The van der Waals surface area contributed by atoms with E-state index in [1.54, 1.807) is 4.90 Å². The number of thiophene rings is 1. The van der Waals surface area contributed by atoms with Gasteiger partial charge in [0.05, 0.1) is 11.7 Å². The van der Waals surface area contributed by atoms with Crippen molar-refractivity contribution < 1.29 is 23.8 Å². The van der Waals surface area contributed by atoms with E-state index < -0.39 is 11.9 Å². The quantitative estimate of drug-likeness (QED) is 0.513. The van der Waals surface area contributed by atoms with Gasteiger partial charge in [-0.1, -0.05) is 0 Å². The van der Waals surface area contributed by atoms with E-state index in [-0.39, 0.29) is 37.5 Å². The normalized spacial score (nSPS) is 17.9. The van der Waals surface area contributed by atoms with Crippen LogP contribution in [0, 0.1) is 12.7 Å². The zero-order chi connectivity index (χ0) is 24.0. The molecular formula is C22H23FN6O4S. The van der Waals surface area contributed by atoms with Gasteiger partial charge in [0.1, 0.15) is 16.3 Å². The SMILES string of the molecule is Cc1ccc2c(N)c(C(=O)NC3COc4nc(N5CCN(C(=O)O)CC5)c(F)cc4C3)sc2n1. The van der Waals surface area contributed by atoms with Gasteiger partial charge in [-0.05, 0) is 25.1 Å². The molecule has 1 fully saturated rings. The highest BCUT2D eigenvalue weighted by atomic mass is 32.1. The molecule has 0 spiro atoms. The highest BCUT2D eigenvalue weighted by molar-refractivity contribution is 7.21. The first-order chi connectivity index (χ1) is 16.3. The third-order valence-corrected chi connectivity index (χ3v) is 7.12. The molecule has 1 unspecified atom stereocenters. The minimum Gasteiger partial charge on any atom is -0.475 e. The van der Waals surface area contributed by atoms with E-state index in [1.807, 2.05) is 19.1 Å². The third-order valence-electron chi connectivity index (χ3n) is 6.01. The van der Waals surface area contributed by atoms with Crippen molar-refractivity contribution in [1.29, 1.82) is 0 Å². The van der Waals surface area contributed by atoms with Gasteiger partial charge in [0.15, 0.2) is 11.6 Å². The average Bonchev–Trinajstić information content (AvgIpc) is 3.14. The molecule has 1 saturated heterocycles. The van der Waals surface area contributed by atoms with Gasteiger partial charge in [-0.25, -0.2) is 14.2 Å². The van der Waals surface area contributed by atoms with E-state index >= 15 is 0 Å². The number of nitrogens with one attached hydrogen (secondary N) is 1. The summed E-state index contributed by atoms with van der Waals surface area (Å²) in [6, 6.07) is 4.71. The molecule has 0 saturated carbocycles. The zero-order valence-electron chi connectivity index (χ0n) is 18.4. The van der Waals surface area contributed by atoms with Crippen molar-refractivity contribution >= 4 is 45.1 Å². The number of fused-ring (bicyclic) bond motifs is 2. The lowest BCUT2D eigenvalue weighted by Gasteiger charge is -2.34. The number of aryl methyl sites for hydroxylation is 1. The van der Waals surface area contributed by atoms with Crippen molar-refractivity contribution in [3.8, 4) is 5.88 Å². The minimum atomic E-state index is -0.987. The molecule has 1 atom stereocenters. The highest BCUT2D eigenvalue weighted by Crippen LogP contribution is 2.33. The number of rotatable bonds is 3. The van der Waals surface area contributed by atoms with Crippen LogP contribution in [0.1, 0.15) is 20.9 Å². The number of nitrogen functional groups attached to an aromatic ring is 1. The van der Waals surface area contributed by atoms with Crippen LogP contribution in [0.15, 0.2) is 18.2 Å². The Kier molecular flexibility index (Phi) is 5.60. The van der Waals surface area contributed by atoms with E-state index in [4.69, 9.17) is 15.6 Å². The van der Waals surface area contributed by atoms with Gasteiger partial charge in [0.25, 0.3) is 5.91 Å². The molecule has 0 bridgehead atoms. The lowest BCUT2D eigenvalue weighted by molar-refractivity contribution is 0.0918. The van der Waals surface area contributed by atoms with Gasteiger partial charge in [0.2, 0.25) is 5.88 Å². The Morgan fingerprint density at radius 2 is 2.03 bits per heavy atom. The number of piperazine rings is 1. The summed E-state index contributed by atoms with van der Waals surface area (Å²) < 4.78 is 20.6. The Balaban J connectivity index is 1.28. The van der Waals surface area contributed by atoms with Crippen molar-refractivity contribution in [2.75, 3.05) is 43.4 Å². The Morgan fingerprint density at radius 3 is 2.76 bits per heavy atom. The average molecular weight is 487 g/mol. The summed E-state index contributed by atoms with van der Waals surface area (Å²) in [5.41, 5.74) is 7.98. The fourth-order valence-electron chi connectivity index (χ4n) is 4.21. The fourth-order valence-corrected chi connectivity index (χ4v) is 5.25. The number of nitrogens with two attached hydrogens (primary N) is 1. The first-order valence-corrected chi connectivity index (χ1v) is 11.6. The molecule has 12 heteroatoms. The molecule has 4 N–H and O–H groups in total. The molecule has 0 radical (unpaired) electrons.